The molecule has 0 saturated carbocycles. The monoisotopic (exact) mass is 704 g/mol. The zero-order valence-corrected chi connectivity index (χ0v) is 29.8. The van der Waals surface area contributed by atoms with Crippen LogP contribution in [-0.2, 0) is 19.1 Å². The molecule has 2 heterocycles. The number of rotatable bonds is 22. The van der Waals surface area contributed by atoms with Crippen molar-refractivity contribution in [3.8, 4) is 5.75 Å². The molecule has 0 aliphatic heterocycles. The number of esters is 2. The summed E-state index contributed by atoms with van der Waals surface area (Å²) < 4.78 is 16.9. The second-order valence-corrected chi connectivity index (χ2v) is 13.0. The molecule has 13 heteroatoms. The number of nitrogens with zero attached hydrogens (tertiary/aromatic N) is 6. The molecule has 0 N–H and O–H groups in total. The van der Waals surface area contributed by atoms with Crippen LogP contribution in [0.4, 0.5) is 27.2 Å². The van der Waals surface area contributed by atoms with Crippen LogP contribution >= 0.6 is 22.7 Å². The summed E-state index contributed by atoms with van der Waals surface area (Å²) in [7, 11) is 0. The SMILES string of the molecule is C=CC(=O)OCCCCCCCCCOc1ccc(N=Nc2cc3sc(N=Nc4ccc(N(CC)CCC(=O)OCC)cc4)nc3s2)cc1. The highest BCUT2D eigenvalue weighted by molar-refractivity contribution is 7.30. The Morgan fingerprint density at radius 1 is 0.816 bits per heavy atom. The molecule has 0 saturated heterocycles. The summed E-state index contributed by atoms with van der Waals surface area (Å²) in [5.74, 6) is 0.282. The van der Waals surface area contributed by atoms with Crippen molar-refractivity contribution in [3.63, 3.8) is 0 Å². The maximum absolute atomic E-state index is 11.7. The fourth-order valence-corrected chi connectivity index (χ4v) is 6.64. The Kier molecular flexibility index (Phi) is 15.8. The number of anilines is 1. The minimum atomic E-state index is -0.350. The van der Waals surface area contributed by atoms with Crippen LogP contribution in [0, 0.1) is 0 Å². The van der Waals surface area contributed by atoms with Crippen molar-refractivity contribution >= 4 is 71.3 Å². The Morgan fingerprint density at radius 2 is 1.47 bits per heavy atom. The molecule has 11 nitrogen and oxygen atoms in total. The van der Waals surface area contributed by atoms with Crippen molar-refractivity contribution < 1.29 is 23.8 Å². The van der Waals surface area contributed by atoms with E-state index in [-0.39, 0.29) is 11.9 Å². The Hall–Kier alpha value is -4.49. The summed E-state index contributed by atoms with van der Waals surface area (Å²) in [6.07, 6.45) is 9.15. The lowest BCUT2D eigenvalue weighted by Crippen LogP contribution is -2.26. The number of carbonyl (C=O) groups is 2. The van der Waals surface area contributed by atoms with Gasteiger partial charge in [0.15, 0.2) is 0 Å². The lowest BCUT2D eigenvalue weighted by molar-refractivity contribution is -0.143. The van der Waals surface area contributed by atoms with Crippen LogP contribution in [0.5, 0.6) is 5.75 Å². The highest BCUT2D eigenvalue weighted by Crippen LogP contribution is 2.39. The van der Waals surface area contributed by atoms with Gasteiger partial charge in [-0.1, -0.05) is 61.4 Å². The fraction of sp³-hybridized carbons (Fsp3) is 0.417. The van der Waals surface area contributed by atoms with E-state index in [0.29, 0.717) is 37.9 Å². The molecule has 49 heavy (non-hydrogen) atoms. The molecule has 0 atom stereocenters. The van der Waals surface area contributed by atoms with Gasteiger partial charge >= 0.3 is 11.9 Å². The number of ether oxygens (including phenoxy) is 3. The average molecular weight is 705 g/mol. The number of thiophene rings is 1. The predicted octanol–water partition coefficient (Wildman–Crippen LogP) is 10.8. The van der Waals surface area contributed by atoms with Gasteiger partial charge in [0.05, 0.1) is 42.3 Å². The molecule has 0 amide bonds. The molecule has 0 bridgehead atoms. The van der Waals surface area contributed by atoms with Gasteiger partial charge in [-0.05, 0) is 81.3 Å². The Balaban J connectivity index is 1.15. The van der Waals surface area contributed by atoms with Gasteiger partial charge in [-0.15, -0.1) is 20.5 Å². The number of fused-ring (bicyclic) bond motifs is 1. The molecule has 0 aliphatic carbocycles. The van der Waals surface area contributed by atoms with Gasteiger partial charge in [0.2, 0.25) is 5.13 Å². The van der Waals surface area contributed by atoms with Crippen LogP contribution in [0.3, 0.4) is 0 Å². The number of aromatic nitrogens is 1. The van der Waals surface area contributed by atoms with Gasteiger partial charge in [-0.2, -0.15) is 0 Å². The third-order valence-corrected chi connectivity index (χ3v) is 9.30. The minimum Gasteiger partial charge on any atom is -0.494 e. The van der Waals surface area contributed by atoms with E-state index in [2.05, 4.69) is 43.8 Å². The Bertz CT molecular complexity index is 1640. The molecular formula is C36H44N6O5S2. The third-order valence-electron chi connectivity index (χ3n) is 7.37. The number of carbonyl (C=O) groups excluding carboxylic acids is 2. The standard InChI is InChI=1S/C36H44N6O5S2/c1-4-33(43)47-25-13-11-9-7-8-10-12-24-46-30-20-16-28(17-21-30)38-40-32-26-31-35(49-32)37-36(48-31)41-39-27-14-18-29(19-15-27)42(5-2)23-22-34(44)45-6-3/h4,14-21,26H,1,5-13,22-25H2,2-3H3. The van der Waals surface area contributed by atoms with E-state index < -0.39 is 0 Å². The van der Waals surface area contributed by atoms with Crippen LogP contribution in [0.25, 0.3) is 9.53 Å². The summed E-state index contributed by atoms with van der Waals surface area (Å²) in [5, 5.41) is 18.8. The molecule has 0 radical (unpaired) electrons. The number of azo groups is 2. The van der Waals surface area contributed by atoms with Gasteiger partial charge in [0, 0.05) is 24.9 Å². The van der Waals surface area contributed by atoms with Crippen molar-refractivity contribution in [2.45, 2.75) is 65.2 Å². The summed E-state index contributed by atoms with van der Waals surface area (Å²) in [5.41, 5.74) is 2.48. The first kappa shape index (κ1) is 37.3. The number of hydrogen-bond donors (Lipinski definition) is 0. The van der Waals surface area contributed by atoms with Gasteiger partial charge in [-0.25, -0.2) is 9.78 Å². The molecule has 2 aromatic heterocycles. The van der Waals surface area contributed by atoms with E-state index in [4.69, 9.17) is 14.2 Å². The molecular weight excluding hydrogens is 661 g/mol. The van der Waals surface area contributed by atoms with E-state index in [1.165, 1.54) is 41.6 Å². The lowest BCUT2D eigenvalue weighted by Gasteiger charge is -2.22. The fourth-order valence-electron chi connectivity index (χ4n) is 4.79. The van der Waals surface area contributed by atoms with E-state index in [9.17, 15) is 9.59 Å². The van der Waals surface area contributed by atoms with E-state index >= 15 is 0 Å². The summed E-state index contributed by atoms with van der Waals surface area (Å²) in [6.45, 7) is 10.2. The molecule has 2 aromatic carbocycles. The number of thiazole rings is 1. The Morgan fingerprint density at radius 3 is 2.12 bits per heavy atom. The second kappa shape index (κ2) is 20.8. The summed E-state index contributed by atoms with van der Waals surface area (Å²) in [6, 6.07) is 17.3. The average Bonchev–Trinajstić information content (AvgIpc) is 3.68. The second-order valence-electron chi connectivity index (χ2n) is 11.0. The largest absolute Gasteiger partial charge is 0.494 e. The zero-order chi connectivity index (χ0) is 34.7. The van der Waals surface area contributed by atoms with Crippen molar-refractivity contribution in [3.05, 3.63) is 67.3 Å². The Labute approximate surface area is 295 Å². The number of benzene rings is 2. The van der Waals surface area contributed by atoms with Crippen molar-refractivity contribution in [1.29, 1.82) is 0 Å². The highest BCUT2D eigenvalue weighted by atomic mass is 32.1. The maximum atomic E-state index is 11.7. The number of hydrogen-bond acceptors (Lipinski definition) is 13. The topological polar surface area (TPSA) is 127 Å². The molecule has 0 fully saturated rings. The smallest absolute Gasteiger partial charge is 0.330 e. The van der Waals surface area contributed by atoms with Crippen LogP contribution in [0.1, 0.15) is 65.2 Å². The van der Waals surface area contributed by atoms with E-state index in [1.807, 2.05) is 61.5 Å². The zero-order valence-electron chi connectivity index (χ0n) is 28.2. The van der Waals surface area contributed by atoms with Crippen molar-refractivity contribution in [1.82, 2.24) is 4.98 Å². The lowest BCUT2D eigenvalue weighted by atomic mass is 10.1. The maximum Gasteiger partial charge on any atom is 0.330 e. The molecule has 260 valence electrons. The number of unbranched alkanes of at least 4 members (excludes halogenated alkanes) is 6. The van der Waals surface area contributed by atoms with Crippen LogP contribution < -0.4 is 9.64 Å². The first-order valence-corrected chi connectivity index (χ1v) is 18.4. The normalized spacial score (nSPS) is 11.4. The van der Waals surface area contributed by atoms with Gasteiger partial charge in [0.25, 0.3) is 0 Å². The summed E-state index contributed by atoms with van der Waals surface area (Å²) >= 11 is 2.91. The molecule has 0 spiro atoms. The minimum absolute atomic E-state index is 0.188. The van der Waals surface area contributed by atoms with Crippen molar-refractivity contribution in [2.24, 2.45) is 20.5 Å². The van der Waals surface area contributed by atoms with Gasteiger partial charge < -0.3 is 19.1 Å². The first-order chi connectivity index (χ1) is 24.0. The quantitative estimate of drug-likeness (QED) is 0.0345. The van der Waals surface area contributed by atoms with Crippen molar-refractivity contribution in [2.75, 3.05) is 37.8 Å². The van der Waals surface area contributed by atoms with Crippen LogP contribution in [-0.4, -0.2) is 49.8 Å². The molecule has 0 unspecified atom stereocenters. The van der Waals surface area contributed by atoms with E-state index in [1.54, 1.807) is 0 Å². The van der Waals surface area contributed by atoms with Crippen LogP contribution in [0.2, 0.25) is 0 Å². The van der Waals surface area contributed by atoms with E-state index in [0.717, 1.165) is 76.0 Å². The van der Waals surface area contributed by atoms with Crippen LogP contribution in [0.15, 0.2) is 87.7 Å². The highest BCUT2D eigenvalue weighted by Gasteiger charge is 2.10. The summed E-state index contributed by atoms with van der Waals surface area (Å²) in [4.78, 5) is 30.3. The molecule has 0 aliphatic rings. The third kappa shape index (κ3) is 13.1. The molecule has 4 rings (SSSR count). The van der Waals surface area contributed by atoms with Gasteiger partial charge in [-0.3, -0.25) is 4.79 Å². The first-order valence-electron chi connectivity index (χ1n) is 16.7. The predicted molar refractivity (Wildman–Crippen MR) is 197 cm³/mol. The van der Waals surface area contributed by atoms with Gasteiger partial charge in [0.1, 0.15) is 15.6 Å². The molecule has 4 aromatic rings.